The predicted octanol–water partition coefficient (Wildman–Crippen LogP) is 2.07. The van der Waals surface area contributed by atoms with E-state index in [0.717, 1.165) is 16.8 Å². The van der Waals surface area contributed by atoms with E-state index in [9.17, 15) is 8.42 Å². The van der Waals surface area contributed by atoms with E-state index < -0.39 is 10.0 Å². The highest BCUT2D eigenvalue weighted by molar-refractivity contribution is 7.88. The monoisotopic (exact) mass is 402 g/mol. The van der Waals surface area contributed by atoms with Crippen molar-refractivity contribution in [2.75, 3.05) is 20.3 Å². The molecular weight excluding hydrogens is 380 g/mol. The van der Waals surface area contributed by atoms with Crippen molar-refractivity contribution in [3.63, 3.8) is 0 Å². The number of hydrogen-bond donors (Lipinski definition) is 0. The van der Waals surface area contributed by atoms with Crippen LogP contribution in [0.15, 0.2) is 47.4 Å². The highest BCUT2D eigenvalue weighted by Crippen LogP contribution is 2.31. The molecule has 0 amide bonds. The Hall–Kier alpha value is -2.49. The van der Waals surface area contributed by atoms with Gasteiger partial charge in [-0.3, -0.25) is 4.68 Å². The van der Waals surface area contributed by atoms with E-state index in [1.807, 2.05) is 35.0 Å². The molecule has 4 rings (SSSR count). The number of sulfonamides is 1. The molecule has 8 nitrogen and oxygen atoms in total. The molecule has 2 aromatic heterocycles. The third kappa shape index (κ3) is 3.73. The minimum Gasteiger partial charge on any atom is -0.451 e. The number of methoxy groups -OCH3 is 1. The van der Waals surface area contributed by atoms with Gasteiger partial charge in [-0.05, 0) is 5.56 Å². The largest absolute Gasteiger partial charge is 0.451 e. The van der Waals surface area contributed by atoms with Gasteiger partial charge in [-0.25, -0.2) is 13.4 Å². The third-order valence-electron chi connectivity index (χ3n) is 4.87. The van der Waals surface area contributed by atoms with Gasteiger partial charge in [0, 0.05) is 37.9 Å². The molecule has 0 aliphatic carbocycles. The summed E-state index contributed by atoms with van der Waals surface area (Å²) in [6.45, 7) is 1.84. The molecule has 148 valence electrons. The third-order valence-corrected chi connectivity index (χ3v) is 6.66. The summed E-state index contributed by atoms with van der Waals surface area (Å²) in [5, 5.41) is 4.66. The maximum atomic E-state index is 13.0. The van der Waals surface area contributed by atoms with Crippen LogP contribution in [0.25, 0.3) is 11.4 Å². The molecule has 1 aliphatic rings. The average molecular weight is 402 g/mol. The van der Waals surface area contributed by atoms with Crippen molar-refractivity contribution in [1.82, 2.24) is 19.1 Å². The van der Waals surface area contributed by atoms with E-state index in [1.165, 1.54) is 17.0 Å². The quantitative estimate of drug-likeness (QED) is 0.601. The van der Waals surface area contributed by atoms with E-state index in [0.29, 0.717) is 37.5 Å². The number of oxazole rings is 1. The highest BCUT2D eigenvalue weighted by atomic mass is 32.2. The minimum atomic E-state index is -3.44. The Bertz CT molecular complexity index is 1030. The molecule has 1 aliphatic heterocycles. The van der Waals surface area contributed by atoms with Gasteiger partial charge < -0.3 is 9.15 Å². The summed E-state index contributed by atoms with van der Waals surface area (Å²) in [5.74, 6) is -0.0136. The normalized spacial score (nSPS) is 14.9. The lowest BCUT2D eigenvalue weighted by molar-refractivity contribution is 0.182. The van der Waals surface area contributed by atoms with E-state index in [4.69, 9.17) is 9.15 Å². The van der Waals surface area contributed by atoms with E-state index in [2.05, 4.69) is 10.1 Å². The van der Waals surface area contributed by atoms with Crippen molar-refractivity contribution in [2.45, 2.75) is 25.3 Å². The smallest absolute Gasteiger partial charge is 0.218 e. The molecule has 0 saturated heterocycles. The molecule has 3 heterocycles. The zero-order chi connectivity index (χ0) is 19.6. The van der Waals surface area contributed by atoms with Gasteiger partial charge in [0.15, 0.2) is 6.39 Å². The van der Waals surface area contributed by atoms with Gasteiger partial charge in [0.2, 0.25) is 10.0 Å². The number of benzene rings is 1. The SMILES string of the molecule is COCCn1nc(-c2cocn2)c2c1CCN(S(=O)(=O)Cc1ccccc1)C2. The lowest BCUT2D eigenvalue weighted by atomic mass is 10.1. The number of rotatable bonds is 7. The van der Waals surface area contributed by atoms with Crippen molar-refractivity contribution in [1.29, 1.82) is 0 Å². The molecule has 28 heavy (non-hydrogen) atoms. The second-order valence-electron chi connectivity index (χ2n) is 6.69. The van der Waals surface area contributed by atoms with Gasteiger partial charge in [-0.1, -0.05) is 30.3 Å². The highest BCUT2D eigenvalue weighted by Gasteiger charge is 2.32. The molecule has 0 saturated carbocycles. The molecular formula is C19H22N4O4S. The molecule has 0 radical (unpaired) electrons. The van der Waals surface area contributed by atoms with Crippen LogP contribution in [0.3, 0.4) is 0 Å². The minimum absolute atomic E-state index is 0.0136. The Morgan fingerprint density at radius 3 is 2.79 bits per heavy atom. The molecule has 0 unspecified atom stereocenters. The average Bonchev–Trinajstić information content (AvgIpc) is 3.34. The first-order valence-electron chi connectivity index (χ1n) is 9.06. The molecule has 3 aromatic rings. The summed E-state index contributed by atoms with van der Waals surface area (Å²) in [7, 11) is -1.80. The predicted molar refractivity (Wildman–Crippen MR) is 103 cm³/mol. The number of hydrogen-bond acceptors (Lipinski definition) is 6. The maximum absolute atomic E-state index is 13.0. The number of aromatic nitrogens is 3. The van der Waals surface area contributed by atoms with Crippen LogP contribution in [0.2, 0.25) is 0 Å². The molecule has 0 spiro atoms. The van der Waals surface area contributed by atoms with Crippen LogP contribution in [-0.4, -0.2) is 47.7 Å². The molecule has 9 heteroatoms. The summed E-state index contributed by atoms with van der Waals surface area (Å²) in [6, 6.07) is 9.23. The summed E-state index contributed by atoms with van der Waals surface area (Å²) >= 11 is 0. The Balaban J connectivity index is 1.64. The first-order valence-corrected chi connectivity index (χ1v) is 10.7. The van der Waals surface area contributed by atoms with Crippen LogP contribution in [0.4, 0.5) is 0 Å². The molecule has 1 aromatic carbocycles. The molecule has 0 N–H and O–H groups in total. The second-order valence-corrected chi connectivity index (χ2v) is 8.66. The fraction of sp³-hybridized carbons (Fsp3) is 0.368. The van der Waals surface area contributed by atoms with Crippen LogP contribution in [0.5, 0.6) is 0 Å². The van der Waals surface area contributed by atoms with Gasteiger partial charge in [-0.2, -0.15) is 9.40 Å². The van der Waals surface area contributed by atoms with Gasteiger partial charge in [0.1, 0.15) is 17.7 Å². The Labute approximate surface area is 163 Å². The van der Waals surface area contributed by atoms with Crippen LogP contribution >= 0.6 is 0 Å². The summed E-state index contributed by atoms with van der Waals surface area (Å²) in [6.07, 6.45) is 3.47. The number of ether oxygens (including phenoxy) is 1. The van der Waals surface area contributed by atoms with Gasteiger partial charge in [0.25, 0.3) is 0 Å². The van der Waals surface area contributed by atoms with Crippen molar-refractivity contribution < 1.29 is 17.6 Å². The van der Waals surface area contributed by atoms with Crippen LogP contribution < -0.4 is 0 Å². The number of fused-ring (bicyclic) bond motifs is 1. The lowest BCUT2D eigenvalue weighted by Gasteiger charge is -2.27. The molecule has 0 atom stereocenters. The van der Waals surface area contributed by atoms with Crippen molar-refractivity contribution in [2.24, 2.45) is 0 Å². The van der Waals surface area contributed by atoms with E-state index >= 15 is 0 Å². The Morgan fingerprint density at radius 1 is 1.25 bits per heavy atom. The van der Waals surface area contributed by atoms with Crippen LogP contribution in [0.1, 0.15) is 16.8 Å². The molecule has 0 bridgehead atoms. The Kier molecular flexibility index (Phi) is 5.29. The summed E-state index contributed by atoms with van der Waals surface area (Å²) in [5.41, 5.74) is 3.96. The zero-order valence-electron chi connectivity index (χ0n) is 15.6. The van der Waals surface area contributed by atoms with Gasteiger partial charge in [-0.15, -0.1) is 0 Å². The maximum Gasteiger partial charge on any atom is 0.218 e. The van der Waals surface area contributed by atoms with Gasteiger partial charge >= 0.3 is 0 Å². The van der Waals surface area contributed by atoms with Crippen LogP contribution in [-0.2, 0) is 40.0 Å². The van der Waals surface area contributed by atoms with Crippen LogP contribution in [0, 0.1) is 0 Å². The fourth-order valence-electron chi connectivity index (χ4n) is 3.48. The van der Waals surface area contributed by atoms with Crippen molar-refractivity contribution in [3.8, 4) is 11.4 Å². The van der Waals surface area contributed by atoms with Crippen molar-refractivity contribution >= 4 is 10.0 Å². The number of nitrogens with zero attached hydrogens (tertiary/aromatic N) is 4. The molecule has 0 fully saturated rings. The topological polar surface area (TPSA) is 90.5 Å². The zero-order valence-corrected chi connectivity index (χ0v) is 16.4. The second kappa shape index (κ2) is 7.86. The standard InChI is InChI=1S/C19H22N4O4S/c1-26-10-9-23-18-7-8-22(28(24,25)13-15-5-3-2-4-6-15)11-16(18)19(21-23)17-12-27-14-20-17/h2-6,12,14H,7-11,13H2,1H3. The first kappa shape index (κ1) is 18.9. The lowest BCUT2D eigenvalue weighted by Crippen LogP contribution is -2.37. The first-order chi connectivity index (χ1) is 13.6. The Morgan fingerprint density at radius 2 is 2.07 bits per heavy atom. The van der Waals surface area contributed by atoms with E-state index in [1.54, 1.807) is 7.11 Å². The van der Waals surface area contributed by atoms with E-state index in [-0.39, 0.29) is 12.3 Å². The summed E-state index contributed by atoms with van der Waals surface area (Å²) < 4.78 is 39.7. The van der Waals surface area contributed by atoms with Gasteiger partial charge in [0.05, 0.1) is 18.9 Å². The fourth-order valence-corrected chi connectivity index (χ4v) is 4.97. The summed E-state index contributed by atoms with van der Waals surface area (Å²) in [4.78, 5) is 4.20. The van der Waals surface area contributed by atoms with Crippen molar-refractivity contribution in [3.05, 3.63) is 59.8 Å².